The van der Waals surface area contributed by atoms with Crippen LogP contribution >= 0.6 is 0 Å². The first-order valence-electron chi connectivity index (χ1n) is 7.60. The minimum absolute atomic E-state index is 0.209. The van der Waals surface area contributed by atoms with Gasteiger partial charge in [-0.3, -0.25) is 4.90 Å². The normalized spacial score (nSPS) is 20.6. The number of likely N-dealkylation sites (tertiary alicyclic amines) is 1. The number of rotatable bonds is 4. The van der Waals surface area contributed by atoms with E-state index in [2.05, 4.69) is 25.7 Å². The molecule has 1 aliphatic heterocycles. The van der Waals surface area contributed by atoms with Crippen molar-refractivity contribution in [2.45, 2.75) is 46.1 Å². The van der Waals surface area contributed by atoms with Gasteiger partial charge in [-0.25, -0.2) is 0 Å². The molecule has 1 saturated heterocycles. The van der Waals surface area contributed by atoms with Crippen molar-refractivity contribution in [1.29, 1.82) is 0 Å². The molecule has 2 rings (SSSR count). The minimum atomic E-state index is 0.209. The molecule has 1 heterocycles. The summed E-state index contributed by atoms with van der Waals surface area (Å²) in [5.41, 5.74) is 1.72. The van der Waals surface area contributed by atoms with E-state index >= 15 is 0 Å². The number of ether oxygens (including phenoxy) is 1. The Kier molecular flexibility index (Phi) is 4.59. The van der Waals surface area contributed by atoms with E-state index in [1.165, 1.54) is 24.8 Å². The molecule has 0 aliphatic carbocycles. The summed E-state index contributed by atoms with van der Waals surface area (Å²) in [6.07, 6.45) is 3.80. The summed E-state index contributed by atoms with van der Waals surface area (Å²) < 4.78 is 5.21. The standard InChI is InChI=1S/C17H27NO2/c1-5-17(3)8-10-18(11-9-17)13(2)14-6-7-15(19)16(12-14)20-4/h6-7,12-13,19H,5,8-11H2,1-4H3. The van der Waals surface area contributed by atoms with E-state index in [1.807, 2.05) is 12.1 Å². The van der Waals surface area contributed by atoms with Crippen LogP contribution in [0.3, 0.4) is 0 Å². The van der Waals surface area contributed by atoms with Crippen LogP contribution in [0.25, 0.3) is 0 Å². The van der Waals surface area contributed by atoms with E-state index in [0.717, 1.165) is 13.1 Å². The number of hydrogen-bond donors (Lipinski definition) is 1. The fraction of sp³-hybridized carbons (Fsp3) is 0.647. The molecule has 1 aromatic carbocycles. The molecule has 3 heteroatoms. The third-order valence-corrected chi connectivity index (χ3v) is 5.09. The van der Waals surface area contributed by atoms with E-state index in [9.17, 15) is 5.11 Å². The molecule has 1 atom stereocenters. The SMILES string of the molecule is CCC1(C)CCN(C(C)c2ccc(O)c(OC)c2)CC1. The number of aromatic hydroxyl groups is 1. The number of benzene rings is 1. The van der Waals surface area contributed by atoms with Gasteiger partial charge >= 0.3 is 0 Å². The average molecular weight is 277 g/mol. The van der Waals surface area contributed by atoms with Crippen LogP contribution in [0.2, 0.25) is 0 Å². The van der Waals surface area contributed by atoms with Crippen LogP contribution in [0.4, 0.5) is 0 Å². The molecule has 112 valence electrons. The second kappa shape index (κ2) is 6.04. The van der Waals surface area contributed by atoms with Crippen molar-refractivity contribution in [3.8, 4) is 11.5 Å². The van der Waals surface area contributed by atoms with E-state index in [0.29, 0.717) is 17.2 Å². The highest BCUT2D eigenvalue weighted by molar-refractivity contribution is 5.42. The smallest absolute Gasteiger partial charge is 0.160 e. The van der Waals surface area contributed by atoms with Gasteiger partial charge in [0.25, 0.3) is 0 Å². The summed E-state index contributed by atoms with van der Waals surface area (Å²) in [7, 11) is 1.59. The molecule has 0 spiro atoms. The molecule has 0 amide bonds. The van der Waals surface area contributed by atoms with Crippen LogP contribution in [-0.2, 0) is 0 Å². The molecule has 0 saturated carbocycles. The minimum Gasteiger partial charge on any atom is -0.504 e. The monoisotopic (exact) mass is 277 g/mol. The molecule has 0 aromatic heterocycles. The number of phenolic OH excluding ortho intramolecular Hbond substituents is 1. The van der Waals surface area contributed by atoms with Gasteiger partial charge in [-0.15, -0.1) is 0 Å². The van der Waals surface area contributed by atoms with Crippen molar-refractivity contribution in [3.05, 3.63) is 23.8 Å². The van der Waals surface area contributed by atoms with Crippen LogP contribution < -0.4 is 4.74 Å². The Balaban J connectivity index is 2.07. The zero-order chi connectivity index (χ0) is 14.8. The van der Waals surface area contributed by atoms with Gasteiger partial charge in [0.05, 0.1) is 7.11 Å². The maximum atomic E-state index is 9.69. The molecular weight excluding hydrogens is 250 g/mol. The molecule has 1 aromatic rings. The van der Waals surface area contributed by atoms with Crippen LogP contribution in [0, 0.1) is 5.41 Å². The average Bonchev–Trinajstić information content (AvgIpc) is 2.48. The third-order valence-electron chi connectivity index (χ3n) is 5.09. The van der Waals surface area contributed by atoms with E-state index in [1.54, 1.807) is 13.2 Å². The molecular formula is C17H27NO2. The first kappa shape index (κ1) is 15.2. The maximum Gasteiger partial charge on any atom is 0.160 e. The first-order valence-corrected chi connectivity index (χ1v) is 7.60. The molecule has 1 aliphatic rings. The summed E-state index contributed by atoms with van der Waals surface area (Å²) in [6.45, 7) is 9.23. The lowest BCUT2D eigenvalue weighted by Crippen LogP contribution is -2.39. The predicted molar refractivity (Wildman–Crippen MR) is 82.3 cm³/mol. The van der Waals surface area contributed by atoms with E-state index < -0.39 is 0 Å². The van der Waals surface area contributed by atoms with Gasteiger partial charge in [0, 0.05) is 6.04 Å². The summed E-state index contributed by atoms with van der Waals surface area (Å²) in [5, 5.41) is 9.69. The van der Waals surface area contributed by atoms with Crippen molar-refractivity contribution in [1.82, 2.24) is 4.90 Å². The molecule has 20 heavy (non-hydrogen) atoms. The van der Waals surface area contributed by atoms with Gasteiger partial charge in [-0.2, -0.15) is 0 Å². The van der Waals surface area contributed by atoms with Gasteiger partial charge < -0.3 is 9.84 Å². The van der Waals surface area contributed by atoms with Gasteiger partial charge in [-0.05, 0) is 56.0 Å². The van der Waals surface area contributed by atoms with Crippen LogP contribution in [-0.4, -0.2) is 30.2 Å². The molecule has 3 nitrogen and oxygen atoms in total. The maximum absolute atomic E-state index is 9.69. The zero-order valence-corrected chi connectivity index (χ0v) is 13.1. The summed E-state index contributed by atoms with van der Waals surface area (Å²) in [6, 6.07) is 6.04. The van der Waals surface area contributed by atoms with Crippen molar-refractivity contribution in [2.24, 2.45) is 5.41 Å². The molecule has 1 N–H and O–H groups in total. The van der Waals surface area contributed by atoms with E-state index in [4.69, 9.17) is 4.74 Å². The Labute approximate surface area is 122 Å². The Morgan fingerprint density at radius 3 is 2.55 bits per heavy atom. The van der Waals surface area contributed by atoms with Gasteiger partial charge in [0.1, 0.15) is 0 Å². The topological polar surface area (TPSA) is 32.7 Å². The van der Waals surface area contributed by atoms with Crippen LogP contribution in [0.1, 0.15) is 51.6 Å². The number of piperidine rings is 1. The number of methoxy groups -OCH3 is 1. The van der Waals surface area contributed by atoms with Crippen molar-refractivity contribution < 1.29 is 9.84 Å². The number of nitrogens with zero attached hydrogens (tertiary/aromatic N) is 1. The van der Waals surface area contributed by atoms with Crippen LogP contribution in [0.15, 0.2) is 18.2 Å². The fourth-order valence-corrected chi connectivity index (χ4v) is 2.97. The Morgan fingerprint density at radius 2 is 2.00 bits per heavy atom. The molecule has 1 unspecified atom stereocenters. The Hall–Kier alpha value is -1.22. The van der Waals surface area contributed by atoms with Crippen molar-refractivity contribution in [3.63, 3.8) is 0 Å². The van der Waals surface area contributed by atoms with E-state index in [-0.39, 0.29) is 5.75 Å². The Bertz CT molecular complexity index is 450. The number of hydrogen-bond acceptors (Lipinski definition) is 3. The van der Waals surface area contributed by atoms with Crippen molar-refractivity contribution in [2.75, 3.05) is 20.2 Å². The lowest BCUT2D eigenvalue weighted by Gasteiger charge is -2.41. The quantitative estimate of drug-likeness (QED) is 0.903. The number of phenols is 1. The third kappa shape index (κ3) is 3.09. The van der Waals surface area contributed by atoms with Gasteiger partial charge in [0.15, 0.2) is 11.5 Å². The fourth-order valence-electron chi connectivity index (χ4n) is 2.97. The highest BCUT2D eigenvalue weighted by Crippen LogP contribution is 2.38. The second-order valence-corrected chi connectivity index (χ2v) is 6.31. The highest BCUT2D eigenvalue weighted by Gasteiger charge is 2.30. The molecule has 0 bridgehead atoms. The van der Waals surface area contributed by atoms with Gasteiger partial charge in [0.2, 0.25) is 0 Å². The molecule has 1 fully saturated rings. The van der Waals surface area contributed by atoms with Crippen LogP contribution in [0.5, 0.6) is 11.5 Å². The van der Waals surface area contributed by atoms with Crippen molar-refractivity contribution >= 4 is 0 Å². The largest absolute Gasteiger partial charge is 0.504 e. The van der Waals surface area contributed by atoms with Gasteiger partial charge in [-0.1, -0.05) is 26.3 Å². The summed E-state index contributed by atoms with van der Waals surface area (Å²) >= 11 is 0. The lowest BCUT2D eigenvalue weighted by atomic mass is 9.78. The predicted octanol–water partition coefficient (Wildman–Crippen LogP) is 3.97. The second-order valence-electron chi connectivity index (χ2n) is 6.31. The summed E-state index contributed by atoms with van der Waals surface area (Å²) in [4.78, 5) is 2.53. The lowest BCUT2D eigenvalue weighted by molar-refractivity contribution is 0.0863. The highest BCUT2D eigenvalue weighted by atomic mass is 16.5. The summed E-state index contributed by atoms with van der Waals surface area (Å²) in [5.74, 6) is 0.769. The first-order chi connectivity index (χ1) is 9.49. The zero-order valence-electron chi connectivity index (χ0n) is 13.1. The molecule has 0 radical (unpaired) electrons. The Morgan fingerprint density at radius 1 is 1.35 bits per heavy atom.